The molecule has 1 aromatic carbocycles. The van der Waals surface area contributed by atoms with Crippen molar-refractivity contribution >= 4 is 35.0 Å². The Hall–Kier alpha value is 0.0700. The maximum Gasteiger partial charge on any atom is 0.0640 e. The molecule has 2 nitrogen and oxygen atoms in total. The first-order chi connectivity index (χ1) is 10.2. The summed E-state index contributed by atoms with van der Waals surface area (Å²) in [6.07, 6.45) is 2.37. The average Bonchev–Trinajstić information content (AvgIpc) is 2.75. The second-order valence-corrected chi connectivity index (χ2v) is 7.36. The SMILES string of the molecule is CCNC(CCN1CCCSCC1)c1cccc(Cl)c1Cl. The van der Waals surface area contributed by atoms with Crippen LogP contribution in [-0.4, -0.2) is 42.6 Å². The van der Waals surface area contributed by atoms with Crippen LogP contribution in [0.2, 0.25) is 10.0 Å². The Balaban J connectivity index is 1.99. The maximum atomic E-state index is 6.38. The van der Waals surface area contributed by atoms with Crippen molar-refractivity contribution < 1.29 is 0 Å². The van der Waals surface area contributed by atoms with Crippen LogP contribution in [0.3, 0.4) is 0 Å². The summed E-state index contributed by atoms with van der Waals surface area (Å²) in [5.41, 5.74) is 1.12. The molecule has 1 aliphatic rings. The molecule has 0 aromatic heterocycles. The fourth-order valence-corrected chi connectivity index (χ4v) is 4.10. The first-order valence-electron chi connectivity index (χ1n) is 7.69. The fourth-order valence-electron chi connectivity index (χ4n) is 2.74. The normalized spacial score (nSPS) is 18.4. The van der Waals surface area contributed by atoms with Crippen molar-refractivity contribution in [2.75, 3.05) is 37.7 Å². The molecule has 1 heterocycles. The Bertz CT molecular complexity index is 434. The molecule has 0 amide bonds. The highest BCUT2D eigenvalue weighted by Gasteiger charge is 2.17. The minimum atomic E-state index is 0.275. The summed E-state index contributed by atoms with van der Waals surface area (Å²) in [5.74, 6) is 2.55. The summed E-state index contributed by atoms with van der Waals surface area (Å²) < 4.78 is 0. The Kier molecular flexibility index (Phi) is 7.69. The number of nitrogens with one attached hydrogen (secondary N) is 1. The highest BCUT2D eigenvalue weighted by atomic mass is 35.5. The lowest BCUT2D eigenvalue weighted by molar-refractivity contribution is 0.275. The molecule has 1 aromatic rings. The van der Waals surface area contributed by atoms with Crippen LogP contribution in [0, 0.1) is 0 Å². The van der Waals surface area contributed by atoms with Gasteiger partial charge in [0.1, 0.15) is 0 Å². The van der Waals surface area contributed by atoms with Crippen molar-refractivity contribution in [3.8, 4) is 0 Å². The molecular formula is C16H24Cl2N2S. The van der Waals surface area contributed by atoms with Crippen molar-refractivity contribution in [1.29, 1.82) is 0 Å². The third-order valence-electron chi connectivity index (χ3n) is 3.86. The van der Waals surface area contributed by atoms with Gasteiger partial charge in [0, 0.05) is 18.3 Å². The lowest BCUT2D eigenvalue weighted by Gasteiger charge is -2.25. The Labute approximate surface area is 142 Å². The molecule has 118 valence electrons. The van der Waals surface area contributed by atoms with E-state index in [4.69, 9.17) is 23.2 Å². The van der Waals surface area contributed by atoms with Crippen molar-refractivity contribution in [1.82, 2.24) is 10.2 Å². The predicted molar refractivity (Wildman–Crippen MR) is 95.9 cm³/mol. The zero-order valence-electron chi connectivity index (χ0n) is 12.6. The van der Waals surface area contributed by atoms with Crippen LogP contribution in [0.4, 0.5) is 0 Å². The molecular weight excluding hydrogens is 323 g/mol. The quantitative estimate of drug-likeness (QED) is 0.817. The summed E-state index contributed by atoms with van der Waals surface area (Å²) in [5, 5.41) is 4.88. The van der Waals surface area contributed by atoms with E-state index >= 15 is 0 Å². The Morgan fingerprint density at radius 3 is 2.95 bits per heavy atom. The largest absolute Gasteiger partial charge is 0.310 e. The number of benzene rings is 1. The van der Waals surface area contributed by atoms with Gasteiger partial charge in [-0.05, 0) is 49.9 Å². The van der Waals surface area contributed by atoms with Crippen molar-refractivity contribution in [2.24, 2.45) is 0 Å². The van der Waals surface area contributed by atoms with E-state index in [9.17, 15) is 0 Å². The molecule has 1 N–H and O–H groups in total. The number of thioether (sulfide) groups is 1. The zero-order valence-corrected chi connectivity index (χ0v) is 14.9. The molecule has 21 heavy (non-hydrogen) atoms. The fraction of sp³-hybridized carbons (Fsp3) is 0.625. The van der Waals surface area contributed by atoms with Crippen molar-refractivity contribution in [3.05, 3.63) is 33.8 Å². The van der Waals surface area contributed by atoms with Gasteiger partial charge in [-0.3, -0.25) is 0 Å². The van der Waals surface area contributed by atoms with Gasteiger partial charge in [0.15, 0.2) is 0 Å². The van der Waals surface area contributed by atoms with Crippen LogP contribution in [0.5, 0.6) is 0 Å². The van der Waals surface area contributed by atoms with E-state index in [2.05, 4.69) is 35.0 Å². The Morgan fingerprint density at radius 1 is 1.29 bits per heavy atom. The van der Waals surface area contributed by atoms with E-state index < -0.39 is 0 Å². The molecule has 0 spiro atoms. The van der Waals surface area contributed by atoms with Crippen molar-refractivity contribution in [3.63, 3.8) is 0 Å². The number of rotatable bonds is 6. The molecule has 1 aliphatic heterocycles. The Morgan fingerprint density at radius 2 is 2.14 bits per heavy atom. The van der Waals surface area contributed by atoms with Crippen LogP contribution >= 0.6 is 35.0 Å². The van der Waals surface area contributed by atoms with Gasteiger partial charge in [-0.25, -0.2) is 0 Å². The molecule has 0 saturated carbocycles. The molecule has 2 rings (SSSR count). The third kappa shape index (κ3) is 5.33. The van der Waals surface area contributed by atoms with Gasteiger partial charge >= 0.3 is 0 Å². The van der Waals surface area contributed by atoms with Gasteiger partial charge in [-0.15, -0.1) is 0 Å². The first kappa shape index (κ1) is 17.4. The molecule has 1 atom stereocenters. The lowest BCUT2D eigenvalue weighted by Crippen LogP contribution is -2.31. The van der Waals surface area contributed by atoms with E-state index in [-0.39, 0.29) is 6.04 Å². The summed E-state index contributed by atoms with van der Waals surface area (Å²) in [6, 6.07) is 6.19. The number of hydrogen-bond acceptors (Lipinski definition) is 3. The highest BCUT2D eigenvalue weighted by Crippen LogP contribution is 2.31. The van der Waals surface area contributed by atoms with Gasteiger partial charge in [-0.1, -0.05) is 42.3 Å². The third-order valence-corrected chi connectivity index (χ3v) is 5.74. The van der Waals surface area contributed by atoms with E-state index in [0.717, 1.165) is 25.1 Å². The summed E-state index contributed by atoms with van der Waals surface area (Å²) >= 11 is 14.6. The van der Waals surface area contributed by atoms with Crippen LogP contribution in [-0.2, 0) is 0 Å². The smallest absolute Gasteiger partial charge is 0.0640 e. The lowest BCUT2D eigenvalue weighted by atomic mass is 10.0. The van der Waals surface area contributed by atoms with Crippen molar-refractivity contribution in [2.45, 2.75) is 25.8 Å². The van der Waals surface area contributed by atoms with E-state index in [1.54, 1.807) is 0 Å². The molecule has 0 radical (unpaired) electrons. The van der Waals surface area contributed by atoms with E-state index in [1.807, 2.05) is 12.1 Å². The number of hydrogen-bond donors (Lipinski definition) is 1. The van der Waals surface area contributed by atoms with Gasteiger partial charge in [0.05, 0.1) is 10.0 Å². The first-order valence-corrected chi connectivity index (χ1v) is 9.60. The molecule has 0 aliphatic carbocycles. The van der Waals surface area contributed by atoms with Crippen LogP contribution < -0.4 is 5.32 Å². The van der Waals surface area contributed by atoms with Gasteiger partial charge in [0.2, 0.25) is 0 Å². The van der Waals surface area contributed by atoms with Crippen LogP contribution in [0.25, 0.3) is 0 Å². The molecule has 1 saturated heterocycles. The molecule has 5 heteroatoms. The highest BCUT2D eigenvalue weighted by molar-refractivity contribution is 7.99. The minimum absolute atomic E-state index is 0.275. The summed E-state index contributed by atoms with van der Waals surface area (Å²) in [7, 11) is 0. The van der Waals surface area contributed by atoms with Gasteiger partial charge in [-0.2, -0.15) is 11.8 Å². The number of nitrogens with zero attached hydrogens (tertiary/aromatic N) is 1. The monoisotopic (exact) mass is 346 g/mol. The molecule has 1 unspecified atom stereocenters. The van der Waals surface area contributed by atoms with Gasteiger partial charge < -0.3 is 10.2 Å². The van der Waals surface area contributed by atoms with Crippen LogP contribution in [0.1, 0.15) is 31.4 Å². The number of halogens is 2. The minimum Gasteiger partial charge on any atom is -0.310 e. The van der Waals surface area contributed by atoms with E-state index in [1.165, 1.54) is 31.0 Å². The standard InChI is InChI=1S/C16H24Cl2N2S/c1-2-19-15(13-5-3-6-14(17)16(13)18)7-9-20-8-4-11-21-12-10-20/h3,5-6,15,19H,2,4,7-12H2,1H3. The second kappa shape index (κ2) is 9.26. The van der Waals surface area contributed by atoms with Crippen LogP contribution in [0.15, 0.2) is 18.2 Å². The predicted octanol–water partition coefficient (Wildman–Crippen LogP) is 4.47. The average molecular weight is 347 g/mol. The summed E-state index contributed by atoms with van der Waals surface area (Å²) in [4.78, 5) is 2.57. The summed E-state index contributed by atoms with van der Waals surface area (Å²) in [6.45, 7) is 6.60. The second-order valence-electron chi connectivity index (χ2n) is 5.35. The zero-order chi connectivity index (χ0) is 15.1. The van der Waals surface area contributed by atoms with Gasteiger partial charge in [0.25, 0.3) is 0 Å². The molecule has 0 bridgehead atoms. The topological polar surface area (TPSA) is 15.3 Å². The maximum absolute atomic E-state index is 6.38. The van der Waals surface area contributed by atoms with E-state index in [0.29, 0.717) is 10.0 Å². The molecule has 1 fully saturated rings.